The monoisotopic (exact) mass is 333 g/mol. The zero-order valence-corrected chi connectivity index (χ0v) is 14.8. The summed E-state index contributed by atoms with van der Waals surface area (Å²) in [4.78, 5) is 22.7. The van der Waals surface area contributed by atoms with Gasteiger partial charge in [-0.3, -0.25) is 9.59 Å². The molecule has 0 spiro atoms. The maximum Gasteiger partial charge on any atom is 0.322 e. The van der Waals surface area contributed by atoms with Gasteiger partial charge in [-0.2, -0.15) is 0 Å². The van der Waals surface area contributed by atoms with E-state index in [1.165, 1.54) is 5.56 Å². The lowest BCUT2D eigenvalue weighted by Gasteiger charge is -2.14. The molecule has 0 aliphatic heterocycles. The van der Waals surface area contributed by atoms with Crippen molar-refractivity contribution in [2.24, 2.45) is 5.92 Å². The predicted molar refractivity (Wildman–Crippen MR) is 94.8 cm³/mol. The van der Waals surface area contributed by atoms with E-state index in [1.807, 2.05) is 19.1 Å². The summed E-state index contributed by atoms with van der Waals surface area (Å²) in [6.07, 6.45) is 2.67. The highest BCUT2D eigenvalue weighted by molar-refractivity contribution is 5.83. The van der Waals surface area contributed by atoms with Crippen LogP contribution >= 0.6 is 0 Å². The zero-order chi connectivity index (χ0) is 18.1. The number of rotatable bonds is 10. The van der Waals surface area contributed by atoms with Crippen LogP contribution < -0.4 is 11.1 Å². The second-order valence-corrected chi connectivity index (χ2v) is 6.74. The third-order valence-electron chi connectivity index (χ3n) is 4.03. The number of aliphatic carboxylic acids is 1. The van der Waals surface area contributed by atoms with Crippen LogP contribution in [0, 0.1) is 5.92 Å². The van der Waals surface area contributed by atoms with E-state index in [4.69, 9.17) is 10.8 Å². The van der Waals surface area contributed by atoms with E-state index in [0.717, 1.165) is 12.0 Å². The number of carbonyl (C=O) groups excluding carboxylic acids is 1. The molecule has 0 aromatic heterocycles. The smallest absolute Gasteiger partial charge is 0.322 e. The van der Waals surface area contributed by atoms with Crippen molar-refractivity contribution in [1.29, 1.82) is 0 Å². The van der Waals surface area contributed by atoms with Gasteiger partial charge >= 0.3 is 5.97 Å². The summed E-state index contributed by atoms with van der Waals surface area (Å²) in [6.45, 7) is 6.77. The van der Waals surface area contributed by atoms with Gasteiger partial charge in [-0.1, -0.05) is 38.1 Å². The normalized spacial score (nSPS) is 13.5. The van der Waals surface area contributed by atoms with Gasteiger partial charge in [0.25, 0.3) is 0 Å². The van der Waals surface area contributed by atoms with Crippen LogP contribution in [-0.2, 0) is 16.0 Å². The van der Waals surface area contributed by atoms with Crippen LogP contribution in [-0.4, -0.2) is 29.6 Å². The van der Waals surface area contributed by atoms with E-state index in [1.54, 1.807) is 0 Å². The van der Waals surface area contributed by atoms with E-state index < -0.39 is 12.0 Å². The molecule has 0 saturated heterocycles. The molecule has 5 nitrogen and oxygen atoms in total. The van der Waals surface area contributed by atoms with Crippen molar-refractivity contribution < 1.29 is 14.7 Å². The standard InChI is InChI=1S/C19H29N2O3/c1-13(2)12-15-7-9-16(10-8-15)14(3)18(22)21-11-5-4-6-17(20)19(23)24/h7-10,13-14,17,20H,4-6,11-12H2,1-3H3,(H,21,22)(H,23,24). The van der Waals surface area contributed by atoms with Crippen molar-refractivity contribution in [2.75, 3.05) is 6.54 Å². The Morgan fingerprint density at radius 1 is 1.12 bits per heavy atom. The van der Waals surface area contributed by atoms with E-state index in [0.29, 0.717) is 31.7 Å². The van der Waals surface area contributed by atoms with Crippen molar-refractivity contribution in [2.45, 2.75) is 58.4 Å². The van der Waals surface area contributed by atoms with Gasteiger partial charge in [-0.05, 0) is 49.7 Å². The average molecular weight is 333 g/mol. The average Bonchev–Trinajstić information content (AvgIpc) is 2.53. The number of amides is 1. The van der Waals surface area contributed by atoms with E-state index in [2.05, 4.69) is 31.3 Å². The highest BCUT2D eigenvalue weighted by Gasteiger charge is 2.15. The highest BCUT2D eigenvalue weighted by Crippen LogP contribution is 2.17. The Balaban J connectivity index is 2.35. The topological polar surface area (TPSA) is 90.2 Å². The molecule has 0 heterocycles. The largest absolute Gasteiger partial charge is 0.480 e. The first-order valence-corrected chi connectivity index (χ1v) is 8.61. The fraction of sp³-hybridized carbons (Fsp3) is 0.579. The number of benzene rings is 1. The summed E-state index contributed by atoms with van der Waals surface area (Å²) >= 11 is 0. The van der Waals surface area contributed by atoms with Crippen LogP contribution in [0.3, 0.4) is 0 Å². The molecule has 1 aromatic rings. The van der Waals surface area contributed by atoms with Crippen molar-refractivity contribution in [3.63, 3.8) is 0 Å². The van der Waals surface area contributed by atoms with Gasteiger partial charge in [-0.25, -0.2) is 5.73 Å². The SMILES string of the molecule is CC(C)Cc1ccc(C(C)C(=O)NCCCCC([NH])C(=O)O)cc1. The molecule has 0 aliphatic carbocycles. The summed E-state index contributed by atoms with van der Waals surface area (Å²) in [5.74, 6) is -0.706. The van der Waals surface area contributed by atoms with Gasteiger partial charge in [0, 0.05) is 6.54 Å². The minimum Gasteiger partial charge on any atom is -0.480 e. The third kappa shape index (κ3) is 7.13. The lowest BCUT2D eigenvalue weighted by atomic mass is 9.96. The molecular weight excluding hydrogens is 304 g/mol. The lowest BCUT2D eigenvalue weighted by molar-refractivity contribution is -0.139. The molecule has 0 saturated carbocycles. The quantitative estimate of drug-likeness (QED) is 0.645. The molecular formula is C19H29N2O3. The van der Waals surface area contributed by atoms with E-state index in [-0.39, 0.29) is 11.8 Å². The van der Waals surface area contributed by atoms with Gasteiger partial charge in [0.05, 0.1) is 5.92 Å². The van der Waals surface area contributed by atoms with Crippen molar-refractivity contribution in [3.05, 3.63) is 35.4 Å². The number of unbranched alkanes of at least 4 members (excludes halogenated alkanes) is 1. The molecule has 2 unspecified atom stereocenters. The highest BCUT2D eigenvalue weighted by atomic mass is 16.4. The van der Waals surface area contributed by atoms with E-state index >= 15 is 0 Å². The summed E-state index contributed by atoms with van der Waals surface area (Å²) in [6, 6.07) is 7.13. The molecule has 0 aliphatic rings. The summed E-state index contributed by atoms with van der Waals surface area (Å²) < 4.78 is 0. The minimum atomic E-state index is -1.09. The molecule has 1 aromatic carbocycles. The molecule has 0 bridgehead atoms. The van der Waals surface area contributed by atoms with Crippen LogP contribution in [0.1, 0.15) is 57.1 Å². The molecule has 1 radical (unpaired) electrons. The van der Waals surface area contributed by atoms with Crippen molar-refractivity contribution in [1.82, 2.24) is 11.1 Å². The third-order valence-corrected chi connectivity index (χ3v) is 4.03. The van der Waals surface area contributed by atoms with Gasteiger partial charge in [0.2, 0.25) is 5.91 Å². The molecule has 3 N–H and O–H groups in total. The van der Waals surface area contributed by atoms with Gasteiger partial charge < -0.3 is 10.4 Å². The number of nitrogens with one attached hydrogen (secondary N) is 2. The van der Waals surface area contributed by atoms with Crippen molar-refractivity contribution >= 4 is 11.9 Å². The first-order chi connectivity index (χ1) is 11.3. The molecule has 1 rings (SSSR count). The van der Waals surface area contributed by atoms with Crippen LogP contribution in [0.25, 0.3) is 0 Å². The Bertz CT molecular complexity index is 526. The maximum absolute atomic E-state index is 12.2. The first-order valence-electron chi connectivity index (χ1n) is 8.61. The summed E-state index contributed by atoms with van der Waals surface area (Å²) in [5.41, 5.74) is 9.58. The number of carbonyl (C=O) groups is 2. The Kier molecular flexibility index (Phi) is 8.47. The number of carboxylic acids is 1. The molecule has 24 heavy (non-hydrogen) atoms. The lowest BCUT2D eigenvalue weighted by Crippen LogP contribution is -2.29. The number of hydrogen-bond acceptors (Lipinski definition) is 2. The Hall–Kier alpha value is -1.88. The molecule has 5 heteroatoms. The fourth-order valence-corrected chi connectivity index (χ4v) is 2.53. The zero-order valence-electron chi connectivity index (χ0n) is 14.8. The molecule has 2 atom stereocenters. The van der Waals surface area contributed by atoms with Gasteiger partial charge in [-0.15, -0.1) is 0 Å². The van der Waals surface area contributed by atoms with E-state index in [9.17, 15) is 9.59 Å². The second-order valence-electron chi connectivity index (χ2n) is 6.74. The molecule has 1 amide bonds. The number of hydrogen-bond donors (Lipinski definition) is 2. The summed E-state index contributed by atoms with van der Waals surface area (Å²) in [5, 5.41) is 11.5. The summed E-state index contributed by atoms with van der Waals surface area (Å²) in [7, 11) is 0. The number of carboxylic acid groups (broad SMARTS) is 1. The van der Waals surface area contributed by atoms with Crippen LogP contribution in [0.4, 0.5) is 0 Å². The maximum atomic E-state index is 12.2. The molecule has 133 valence electrons. The Labute approximate surface area is 144 Å². The fourth-order valence-electron chi connectivity index (χ4n) is 2.53. The van der Waals surface area contributed by atoms with Crippen LogP contribution in [0.2, 0.25) is 0 Å². The Morgan fingerprint density at radius 2 is 1.75 bits per heavy atom. The Morgan fingerprint density at radius 3 is 2.29 bits per heavy atom. The van der Waals surface area contributed by atoms with Crippen molar-refractivity contribution in [3.8, 4) is 0 Å². The predicted octanol–water partition coefficient (Wildman–Crippen LogP) is 3.01. The van der Waals surface area contributed by atoms with Gasteiger partial charge in [0.1, 0.15) is 6.04 Å². The molecule has 0 fully saturated rings. The van der Waals surface area contributed by atoms with Crippen LogP contribution in [0.15, 0.2) is 24.3 Å². The second kappa shape index (κ2) is 10.1. The van der Waals surface area contributed by atoms with Gasteiger partial charge in [0.15, 0.2) is 0 Å². The van der Waals surface area contributed by atoms with Crippen LogP contribution in [0.5, 0.6) is 0 Å². The first kappa shape index (κ1) is 20.2. The minimum absolute atomic E-state index is 0.0210.